The molecule has 0 saturated carbocycles. The molecule has 4 nitrogen and oxygen atoms in total. The highest BCUT2D eigenvalue weighted by Crippen LogP contribution is 2.37. The Morgan fingerprint density at radius 2 is 2.16 bits per heavy atom. The molecule has 0 spiro atoms. The third-order valence-electron chi connectivity index (χ3n) is 3.39. The first-order chi connectivity index (χ1) is 8.98. The van der Waals surface area contributed by atoms with Crippen LogP contribution in [0.25, 0.3) is 0 Å². The van der Waals surface area contributed by atoms with E-state index in [1.807, 2.05) is 0 Å². The summed E-state index contributed by atoms with van der Waals surface area (Å²) in [5.74, 6) is -2.17. The summed E-state index contributed by atoms with van der Waals surface area (Å²) in [6, 6.07) is 3.49. The predicted octanol–water partition coefficient (Wildman–Crippen LogP) is 1.95. The molecule has 0 atom stereocenters. The largest absolute Gasteiger partial charge is 0.475 e. The van der Waals surface area contributed by atoms with Crippen molar-refractivity contribution in [2.75, 3.05) is 37.8 Å². The minimum Gasteiger partial charge on any atom is -0.475 e. The molecule has 0 unspecified atom stereocenters. The van der Waals surface area contributed by atoms with Crippen molar-refractivity contribution >= 4 is 5.69 Å². The zero-order chi connectivity index (χ0) is 13.5. The smallest absolute Gasteiger partial charge is 0.282 e. The van der Waals surface area contributed by atoms with Crippen LogP contribution in [0.3, 0.4) is 0 Å². The van der Waals surface area contributed by atoms with Crippen LogP contribution in [0.2, 0.25) is 0 Å². The third kappa shape index (κ3) is 2.49. The van der Waals surface area contributed by atoms with Crippen LogP contribution in [-0.4, -0.2) is 43.8 Å². The Kier molecular flexibility index (Phi) is 2.85. The number of aromatic nitrogens is 1. The maximum absolute atomic E-state index is 12.9. The fraction of sp³-hybridized carbons (Fsp3) is 0.615. The van der Waals surface area contributed by atoms with Gasteiger partial charge < -0.3 is 14.4 Å². The molecular weight excluding hydrogens is 254 g/mol. The van der Waals surface area contributed by atoms with Crippen LogP contribution in [0, 0.1) is 5.41 Å². The fourth-order valence-corrected chi connectivity index (χ4v) is 2.19. The van der Waals surface area contributed by atoms with Crippen molar-refractivity contribution in [1.29, 1.82) is 0 Å². The summed E-state index contributed by atoms with van der Waals surface area (Å²) in [5, 5.41) is 0. The van der Waals surface area contributed by atoms with Gasteiger partial charge in [0.25, 0.3) is 5.92 Å². The standard InChI is InChI=1S/C13H16F2N2O2/c1-12(7-18-8-12)9-19-11-10(3-2-4-16-11)17-5-13(14,15)6-17/h2-4H,5-9H2,1H3. The summed E-state index contributed by atoms with van der Waals surface area (Å²) >= 11 is 0. The van der Waals surface area contributed by atoms with Crippen molar-refractivity contribution in [3.05, 3.63) is 18.3 Å². The monoisotopic (exact) mass is 270 g/mol. The van der Waals surface area contributed by atoms with Gasteiger partial charge in [-0.1, -0.05) is 6.92 Å². The Morgan fingerprint density at radius 1 is 1.42 bits per heavy atom. The number of rotatable bonds is 4. The molecule has 0 radical (unpaired) electrons. The van der Waals surface area contributed by atoms with Gasteiger partial charge in [-0.05, 0) is 12.1 Å². The van der Waals surface area contributed by atoms with Crippen molar-refractivity contribution in [1.82, 2.24) is 4.98 Å². The van der Waals surface area contributed by atoms with Gasteiger partial charge in [-0.25, -0.2) is 13.8 Å². The van der Waals surface area contributed by atoms with Gasteiger partial charge in [-0.3, -0.25) is 0 Å². The molecule has 2 fully saturated rings. The molecule has 3 rings (SSSR count). The molecule has 2 aliphatic rings. The van der Waals surface area contributed by atoms with Gasteiger partial charge in [0.15, 0.2) is 0 Å². The van der Waals surface area contributed by atoms with E-state index in [1.54, 1.807) is 23.2 Å². The number of hydrogen-bond donors (Lipinski definition) is 0. The van der Waals surface area contributed by atoms with Gasteiger partial charge in [0.2, 0.25) is 5.88 Å². The average Bonchev–Trinajstić information content (AvgIpc) is 2.31. The van der Waals surface area contributed by atoms with E-state index in [9.17, 15) is 8.78 Å². The summed E-state index contributed by atoms with van der Waals surface area (Å²) in [6.45, 7) is 3.34. The van der Waals surface area contributed by atoms with Gasteiger partial charge in [0.05, 0.1) is 32.9 Å². The fourth-order valence-electron chi connectivity index (χ4n) is 2.19. The van der Waals surface area contributed by atoms with Crippen molar-refractivity contribution in [3.63, 3.8) is 0 Å². The molecule has 0 amide bonds. The van der Waals surface area contributed by atoms with Gasteiger partial charge >= 0.3 is 0 Å². The van der Waals surface area contributed by atoms with Crippen LogP contribution in [0.15, 0.2) is 18.3 Å². The van der Waals surface area contributed by atoms with Crippen LogP contribution in [-0.2, 0) is 4.74 Å². The third-order valence-corrected chi connectivity index (χ3v) is 3.39. The van der Waals surface area contributed by atoms with E-state index in [2.05, 4.69) is 11.9 Å². The molecule has 2 aliphatic heterocycles. The number of alkyl halides is 2. The van der Waals surface area contributed by atoms with Crippen LogP contribution < -0.4 is 9.64 Å². The van der Waals surface area contributed by atoms with Crippen molar-refractivity contribution in [3.8, 4) is 5.88 Å². The SMILES string of the molecule is CC1(COc2ncccc2N2CC(F)(F)C2)COC1. The lowest BCUT2D eigenvalue weighted by molar-refractivity contribution is -0.120. The van der Waals surface area contributed by atoms with Crippen molar-refractivity contribution in [2.45, 2.75) is 12.8 Å². The van der Waals surface area contributed by atoms with E-state index in [0.29, 0.717) is 31.4 Å². The number of nitrogens with zero attached hydrogens (tertiary/aromatic N) is 2. The van der Waals surface area contributed by atoms with E-state index in [4.69, 9.17) is 9.47 Å². The van der Waals surface area contributed by atoms with Gasteiger partial charge in [-0.15, -0.1) is 0 Å². The van der Waals surface area contributed by atoms with Gasteiger partial charge in [0.1, 0.15) is 5.69 Å². The molecule has 6 heteroatoms. The molecule has 0 N–H and O–H groups in total. The van der Waals surface area contributed by atoms with Crippen LogP contribution in [0.5, 0.6) is 5.88 Å². The highest BCUT2D eigenvalue weighted by molar-refractivity contribution is 5.57. The highest BCUT2D eigenvalue weighted by Gasteiger charge is 2.45. The Morgan fingerprint density at radius 3 is 2.74 bits per heavy atom. The molecule has 1 aromatic heterocycles. The zero-order valence-corrected chi connectivity index (χ0v) is 10.7. The summed E-state index contributed by atoms with van der Waals surface area (Å²) < 4.78 is 36.7. The van der Waals surface area contributed by atoms with Gasteiger partial charge in [-0.2, -0.15) is 0 Å². The Hall–Kier alpha value is -1.43. The molecule has 0 aromatic carbocycles. The minimum absolute atomic E-state index is 0.00761. The van der Waals surface area contributed by atoms with Gasteiger partial charge in [0, 0.05) is 11.6 Å². The minimum atomic E-state index is -2.60. The van der Waals surface area contributed by atoms with E-state index in [0.717, 1.165) is 0 Å². The zero-order valence-electron chi connectivity index (χ0n) is 10.7. The Balaban J connectivity index is 1.67. The number of anilines is 1. The summed E-state index contributed by atoms with van der Waals surface area (Å²) in [4.78, 5) is 5.73. The summed E-state index contributed by atoms with van der Waals surface area (Å²) in [7, 11) is 0. The van der Waals surface area contributed by atoms with E-state index >= 15 is 0 Å². The quantitative estimate of drug-likeness (QED) is 0.837. The molecule has 0 bridgehead atoms. The lowest BCUT2D eigenvalue weighted by atomic mass is 9.90. The molecule has 0 aliphatic carbocycles. The first-order valence-corrected chi connectivity index (χ1v) is 6.26. The Labute approximate surface area is 110 Å². The number of pyridine rings is 1. The van der Waals surface area contributed by atoms with E-state index in [-0.39, 0.29) is 18.5 Å². The predicted molar refractivity (Wildman–Crippen MR) is 65.8 cm³/mol. The lowest BCUT2D eigenvalue weighted by Crippen LogP contribution is -2.56. The maximum Gasteiger partial charge on any atom is 0.282 e. The topological polar surface area (TPSA) is 34.6 Å². The van der Waals surface area contributed by atoms with Crippen molar-refractivity contribution < 1.29 is 18.3 Å². The second kappa shape index (κ2) is 4.30. The second-order valence-electron chi connectivity index (χ2n) is 5.63. The maximum atomic E-state index is 12.9. The number of ether oxygens (including phenoxy) is 2. The molecule has 2 saturated heterocycles. The molecule has 1 aromatic rings. The van der Waals surface area contributed by atoms with E-state index in [1.165, 1.54) is 0 Å². The number of hydrogen-bond acceptors (Lipinski definition) is 4. The summed E-state index contributed by atoms with van der Waals surface area (Å²) in [5.41, 5.74) is 0.644. The van der Waals surface area contributed by atoms with Crippen LogP contribution in [0.4, 0.5) is 14.5 Å². The average molecular weight is 270 g/mol. The Bertz CT molecular complexity index is 469. The molecule has 19 heavy (non-hydrogen) atoms. The van der Waals surface area contributed by atoms with Crippen molar-refractivity contribution in [2.24, 2.45) is 5.41 Å². The normalized spacial score (nSPS) is 23.4. The van der Waals surface area contributed by atoms with Crippen LogP contribution >= 0.6 is 0 Å². The van der Waals surface area contributed by atoms with Crippen LogP contribution in [0.1, 0.15) is 6.92 Å². The first-order valence-electron chi connectivity index (χ1n) is 6.26. The lowest BCUT2D eigenvalue weighted by Gasteiger charge is -2.41. The number of halogens is 2. The second-order valence-corrected chi connectivity index (χ2v) is 5.63. The highest BCUT2D eigenvalue weighted by atomic mass is 19.3. The van der Waals surface area contributed by atoms with E-state index < -0.39 is 5.92 Å². The molecule has 3 heterocycles. The first kappa shape index (κ1) is 12.6. The molecular formula is C13H16F2N2O2. The summed E-state index contributed by atoms with van der Waals surface area (Å²) in [6.07, 6.45) is 1.61. The molecule has 104 valence electrons.